The maximum atomic E-state index is 8.69. The number of terminal acetylenes is 1. The first-order chi connectivity index (χ1) is 7.31. The second-order valence-electron chi connectivity index (χ2n) is 3.07. The minimum absolute atomic E-state index is 0.000719. The van der Waals surface area contributed by atoms with Gasteiger partial charge >= 0.3 is 0 Å². The molecule has 3 heteroatoms. The van der Waals surface area contributed by atoms with E-state index >= 15 is 0 Å². The molecule has 3 nitrogen and oxygen atoms in total. The van der Waals surface area contributed by atoms with Gasteiger partial charge in [-0.3, -0.25) is 0 Å². The first-order valence-electron chi connectivity index (χ1n) is 4.79. The fourth-order valence-electron chi connectivity index (χ4n) is 1.27. The van der Waals surface area contributed by atoms with Crippen LogP contribution < -0.4 is 10.1 Å². The molecule has 0 aliphatic carbocycles. The highest BCUT2D eigenvalue weighted by Crippen LogP contribution is 2.20. The maximum absolute atomic E-state index is 8.69. The Balaban J connectivity index is 2.90. The van der Waals surface area contributed by atoms with E-state index in [1.165, 1.54) is 0 Å². The van der Waals surface area contributed by atoms with Gasteiger partial charge in [0.1, 0.15) is 12.4 Å². The van der Waals surface area contributed by atoms with Crippen molar-refractivity contribution in [3.8, 4) is 18.1 Å². The predicted molar refractivity (Wildman–Crippen MR) is 59.7 cm³/mol. The minimum Gasteiger partial charge on any atom is -0.491 e. The summed E-state index contributed by atoms with van der Waals surface area (Å²) in [6.07, 6.45) is 5.30. The monoisotopic (exact) mass is 205 g/mol. The summed E-state index contributed by atoms with van der Waals surface area (Å²) in [6.45, 7) is 0.996. The zero-order chi connectivity index (χ0) is 11.1. The molecule has 0 aromatic heterocycles. The number of rotatable bonds is 5. The van der Waals surface area contributed by atoms with Crippen LogP contribution in [0.15, 0.2) is 18.2 Å². The number of hydrogen-bond donors (Lipinski definition) is 2. The molecule has 0 saturated heterocycles. The highest BCUT2D eigenvalue weighted by atomic mass is 16.5. The lowest BCUT2D eigenvalue weighted by molar-refractivity contribution is 0.200. The standard InChI is InChI=1S/C12H15NO2/c1-3-10-4-5-11(9-13-2)12(8-10)15-7-6-14/h1,4-5,8,13-14H,6-7,9H2,2H3. The average molecular weight is 205 g/mol. The SMILES string of the molecule is C#Cc1ccc(CNC)c(OCCO)c1. The van der Waals surface area contributed by atoms with Crippen molar-refractivity contribution in [1.82, 2.24) is 5.32 Å². The van der Waals surface area contributed by atoms with Crippen LogP contribution in [-0.2, 0) is 6.54 Å². The number of hydrogen-bond acceptors (Lipinski definition) is 3. The number of aliphatic hydroxyl groups excluding tert-OH is 1. The molecular weight excluding hydrogens is 190 g/mol. The van der Waals surface area contributed by atoms with Crippen LogP contribution in [0.1, 0.15) is 11.1 Å². The van der Waals surface area contributed by atoms with Gasteiger partial charge in [0, 0.05) is 17.7 Å². The third-order valence-corrected chi connectivity index (χ3v) is 1.95. The van der Waals surface area contributed by atoms with Gasteiger partial charge in [0.15, 0.2) is 0 Å². The van der Waals surface area contributed by atoms with Crippen molar-refractivity contribution in [2.24, 2.45) is 0 Å². The van der Waals surface area contributed by atoms with E-state index in [1.807, 2.05) is 25.2 Å². The Bertz CT molecular complexity index is 355. The highest BCUT2D eigenvalue weighted by molar-refractivity contribution is 5.43. The molecule has 0 aliphatic heterocycles. The lowest BCUT2D eigenvalue weighted by atomic mass is 10.1. The Kier molecular flexibility index (Phi) is 4.69. The van der Waals surface area contributed by atoms with Crippen LogP contribution in [0.5, 0.6) is 5.75 Å². The van der Waals surface area contributed by atoms with Gasteiger partial charge in [-0.15, -0.1) is 6.42 Å². The normalized spacial score (nSPS) is 9.67. The third kappa shape index (κ3) is 3.28. The zero-order valence-corrected chi connectivity index (χ0v) is 8.79. The Morgan fingerprint density at radius 2 is 2.33 bits per heavy atom. The van der Waals surface area contributed by atoms with Crippen molar-refractivity contribution < 1.29 is 9.84 Å². The van der Waals surface area contributed by atoms with Crippen molar-refractivity contribution in [3.05, 3.63) is 29.3 Å². The van der Waals surface area contributed by atoms with Crippen molar-refractivity contribution in [2.45, 2.75) is 6.54 Å². The molecular formula is C12H15NO2. The van der Waals surface area contributed by atoms with Crippen LogP contribution in [0.4, 0.5) is 0 Å². The Morgan fingerprint density at radius 3 is 2.93 bits per heavy atom. The largest absolute Gasteiger partial charge is 0.491 e. The molecule has 2 N–H and O–H groups in total. The first-order valence-corrected chi connectivity index (χ1v) is 4.79. The number of aliphatic hydroxyl groups is 1. The Hall–Kier alpha value is -1.50. The molecule has 0 atom stereocenters. The van der Waals surface area contributed by atoms with E-state index in [0.29, 0.717) is 6.54 Å². The van der Waals surface area contributed by atoms with Crippen LogP contribution in [-0.4, -0.2) is 25.4 Å². The second kappa shape index (κ2) is 6.07. The third-order valence-electron chi connectivity index (χ3n) is 1.95. The molecule has 80 valence electrons. The van der Waals surface area contributed by atoms with E-state index in [4.69, 9.17) is 16.3 Å². The lowest BCUT2D eigenvalue weighted by Crippen LogP contribution is -2.09. The van der Waals surface area contributed by atoms with Crippen LogP contribution in [0, 0.1) is 12.3 Å². The van der Waals surface area contributed by atoms with Crippen molar-refractivity contribution in [1.29, 1.82) is 0 Å². The molecule has 0 fully saturated rings. The molecule has 15 heavy (non-hydrogen) atoms. The quantitative estimate of drug-likeness (QED) is 0.697. The lowest BCUT2D eigenvalue weighted by Gasteiger charge is -2.10. The molecule has 1 aromatic rings. The van der Waals surface area contributed by atoms with Gasteiger partial charge in [0.25, 0.3) is 0 Å². The predicted octanol–water partition coefficient (Wildman–Crippen LogP) is 0.758. The summed E-state index contributed by atoms with van der Waals surface area (Å²) in [5.74, 6) is 3.28. The summed E-state index contributed by atoms with van der Waals surface area (Å²) >= 11 is 0. The molecule has 0 spiro atoms. The summed E-state index contributed by atoms with van der Waals surface area (Å²) < 4.78 is 5.40. The van der Waals surface area contributed by atoms with Gasteiger partial charge < -0.3 is 15.2 Å². The number of benzene rings is 1. The van der Waals surface area contributed by atoms with Crippen LogP contribution in [0.25, 0.3) is 0 Å². The first kappa shape index (κ1) is 11.6. The van der Waals surface area contributed by atoms with Gasteiger partial charge in [-0.05, 0) is 19.2 Å². The summed E-state index contributed by atoms with van der Waals surface area (Å²) in [4.78, 5) is 0. The highest BCUT2D eigenvalue weighted by Gasteiger charge is 2.03. The van der Waals surface area contributed by atoms with Gasteiger partial charge in [0.2, 0.25) is 0 Å². The summed E-state index contributed by atoms with van der Waals surface area (Å²) in [6, 6.07) is 5.61. The summed E-state index contributed by atoms with van der Waals surface area (Å²) in [7, 11) is 1.87. The average Bonchev–Trinajstić information content (AvgIpc) is 2.28. The summed E-state index contributed by atoms with van der Waals surface area (Å²) in [5, 5.41) is 11.7. The van der Waals surface area contributed by atoms with Gasteiger partial charge in [0.05, 0.1) is 6.61 Å². The fourth-order valence-corrected chi connectivity index (χ4v) is 1.27. The van der Waals surface area contributed by atoms with Crippen LogP contribution in [0.2, 0.25) is 0 Å². The number of ether oxygens (including phenoxy) is 1. The molecule has 1 aromatic carbocycles. The Morgan fingerprint density at radius 1 is 1.53 bits per heavy atom. The van der Waals surface area contributed by atoms with Crippen molar-refractivity contribution in [3.63, 3.8) is 0 Å². The van der Waals surface area contributed by atoms with Crippen LogP contribution >= 0.6 is 0 Å². The topological polar surface area (TPSA) is 41.5 Å². The Labute approximate surface area is 90.1 Å². The van der Waals surface area contributed by atoms with E-state index in [0.717, 1.165) is 16.9 Å². The molecule has 0 unspecified atom stereocenters. The van der Waals surface area contributed by atoms with Gasteiger partial charge in [-0.25, -0.2) is 0 Å². The van der Waals surface area contributed by atoms with E-state index in [9.17, 15) is 0 Å². The molecule has 0 heterocycles. The second-order valence-corrected chi connectivity index (χ2v) is 3.07. The minimum atomic E-state index is -0.000719. The molecule has 0 saturated carbocycles. The molecule has 1 rings (SSSR count). The van der Waals surface area contributed by atoms with Crippen molar-refractivity contribution >= 4 is 0 Å². The smallest absolute Gasteiger partial charge is 0.125 e. The zero-order valence-electron chi connectivity index (χ0n) is 8.79. The van der Waals surface area contributed by atoms with Gasteiger partial charge in [-0.2, -0.15) is 0 Å². The van der Waals surface area contributed by atoms with E-state index < -0.39 is 0 Å². The summed E-state index contributed by atoms with van der Waals surface area (Å²) in [5.41, 5.74) is 1.81. The van der Waals surface area contributed by atoms with Gasteiger partial charge in [-0.1, -0.05) is 12.0 Å². The number of nitrogens with one attached hydrogen (secondary N) is 1. The van der Waals surface area contributed by atoms with Crippen molar-refractivity contribution in [2.75, 3.05) is 20.3 Å². The molecule has 0 radical (unpaired) electrons. The molecule has 0 bridgehead atoms. The van der Waals surface area contributed by atoms with Crippen LogP contribution in [0.3, 0.4) is 0 Å². The van der Waals surface area contributed by atoms with E-state index in [2.05, 4.69) is 11.2 Å². The maximum Gasteiger partial charge on any atom is 0.125 e. The molecule has 0 aliphatic rings. The fraction of sp³-hybridized carbons (Fsp3) is 0.333. The van der Waals surface area contributed by atoms with E-state index in [-0.39, 0.29) is 13.2 Å². The molecule has 0 amide bonds. The van der Waals surface area contributed by atoms with E-state index in [1.54, 1.807) is 0 Å².